The number of hydrogen-bond donors (Lipinski definition) is 0. The molecule has 0 fully saturated rings. The SMILES string of the molecule is CCOC(=O)c1cn(Cc2ccccc2)nc1OC. The van der Waals surface area contributed by atoms with Crippen LogP contribution in [0.1, 0.15) is 22.8 Å². The van der Waals surface area contributed by atoms with E-state index >= 15 is 0 Å². The number of nitrogens with zero attached hydrogens (tertiary/aromatic N) is 2. The summed E-state index contributed by atoms with van der Waals surface area (Å²) < 4.78 is 11.7. The highest BCUT2D eigenvalue weighted by molar-refractivity contribution is 5.91. The average molecular weight is 260 g/mol. The van der Waals surface area contributed by atoms with Crippen LogP contribution in [0.25, 0.3) is 0 Å². The third-order valence-corrected chi connectivity index (χ3v) is 2.60. The predicted molar refractivity (Wildman–Crippen MR) is 70.3 cm³/mol. The molecule has 2 rings (SSSR count). The summed E-state index contributed by atoms with van der Waals surface area (Å²) in [6.45, 7) is 2.67. The molecule has 5 heteroatoms. The molecule has 1 aromatic heterocycles. The van der Waals surface area contributed by atoms with Crippen LogP contribution in [-0.2, 0) is 11.3 Å². The van der Waals surface area contributed by atoms with Crippen LogP contribution in [-0.4, -0.2) is 29.5 Å². The number of ether oxygens (including phenoxy) is 2. The lowest BCUT2D eigenvalue weighted by Crippen LogP contribution is -2.05. The third kappa shape index (κ3) is 3.13. The van der Waals surface area contributed by atoms with Crippen LogP contribution in [0.2, 0.25) is 0 Å². The van der Waals surface area contributed by atoms with Crippen molar-refractivity contribution in [3.63, 3.8) is 0 Å². The highest BCUT2D eigenvalue weighted by Crippen LogP contribution is 2.17. The molecule has 0 amide bonds. The minimum atomic E-state index is -0.418. The Bertz CT molecular complexity index is 549. The maximum Gasteiger partial charge on any atom is 0.345 e. The number of rotatable bonds is 5. The van der Waals surface area contributed by atoms with Gasteiger partial charge in [0, 0.05) is 6.20 Å². The zero-order valence-electron chi connectivity index (χ0n) is 11.0. The molecule has 0 atom stereocenters. The first-order valence-corrected chi connectivity index (χ1v) is 6.07. The summed E-state index contributed by atoms with van der Waals surface area (Å²) in [5.41, 5.74) is 1.45. The maximum atomic E-state index is 11.7. The van der Waals surface area contributed by atoms with Gasteiger partial charge in [-0.3, -0.25) is 4.68 Å². The van der Waals surface area contributed by atoms with E-state index in [0.29, 0.717) is 18.7 Å². The van der Waals surface area contributed by atoms with E-state index in [1.54, 1.807) is 17.8 Å². The number of carbonyl (C=O) groups is 1. The Morgan fingerprint density at radius 3 is 2.68 bits per heavy atom. The first kappa shape index (κ1) is 13.1. The molecule has 0 spiro atoms. The third-order valence-electron chi connectivity index (χ3n) is 2.60. The van der Waals surface area contributed by atoms with Gasteiger partial charge in [-0.15, -0.1) is 5.10 Å². The smallest absolute Gasteiger partial charge is 0.345 e. The predicted octanol–water partition coefficient (Wildman–Crippen LogP) is 2.12. The summed E-state index contributed by atoms with van der Waals surface area (Å²) in [7, 11) is 1.48. The van der Waals surface area contributed by atoms with Gasteiger partial charge in [-0.25, -0.2) is 4.79 Å². The van der Waals surface area contributed by atoms with E-state index in [0.717, 1.165) is 5.56 Å². The average Bonchev–Trinajstić information content (AvgIpc) is 2.83. The molecule has 0 aliphatic carbocycles. The van der Waals surface area contributed by atoms with Crippen LogP contribution in [0.3, 0.4) is 0 Å². The Balaban J connectivity index is 2.21. The van der Waals surface area contributed by atoms with E-state index < -0.39 is 5.97 Å². The van der Waals surface area contributed by atoms with Gasteiger partial charge in [0.1, 0.15) is 5.56 Å². The van der Waals surface area contributed by atoms with Crippen LogP contribution in [0.4, 0.5) is 0 Å². The van der Waals surface area contributed by atoms with Gasteiger partial charge < -0.3 is 9.47 Å². The maximum absolute atomic E-state index is 11.7. The number of benzene rings is 1. The number of hydrogen-bond acceptors (Lipinski definition) is 4. The second-order valence-electron chi connectivity index (χ2n) is 3.96. The quantitative estimate of drug-likeness (QED) is 0.773. The lowest BCUT2D eigenvalue weighted by molar-refractivity contribution is 0.0522. The molecule has 0 saturated carbocycles. The molecule has 1 aromatic carbocycles. The van der Waals surface area contributed by atoms with Crippen molar-refractivity contribution in [2.45, 2.75) is 13.5 Å². The van der Waals surface area contributed by atoms with Crippen molar-refractivity contribution in [1.29, 1.82) is 0 Å². The molecule has 1 heterocycles. The summed E-state index contributed by atoms with van der Waals surface area (Å²) in [4.78, 5) is 11.7. The van der Waals surface area contributed by atoms with Crippen molar-refractivity contribution < 1.29 is 14.3 Å². The molecule has 0 radical (unpaired) electrons. The van der Waals surface area contributed by atoms with Crippen molar-refractivity contribution in [2.24, 2.45) is 0 Å². The molecule has 5 nitrogen and oxygen atoms in total. The Labute approximate surface area is 111 Å². The number of methoxy groups -OCH3 is 1. The minimum Gasteiger partial charge on any atom is -0.479 e. The lowest BCUT2D eigenvalue weighted by atomic mass is 10.2. The van der Waals surface area contributed by atoms with Crippen LogP contribution in [0.5, 0.6) is 5.88 Å². The van der Waals surface area contributed by atoms with Gasteiger partial charge in [-0.1, -0.05) is 30.3 Å². The monoisotopic (exact) mass is 260 g/mol. The van der Waals surface area contributed by atoms with Crippen molar-refractivity contribution in [1.82, 2.24) is 9.78 Å². The van der Waals surface area contributed by atoms with E-state index in [2.05, 4.69) is 5.10 Å². The van der Waals surface area contributed by atoms with Crippen molar-refractivity contribution in [3.05, 3.63) is 47.7 Å². The number of aromatic nitrogens is 2. The normalized spacial score (nSPS) is 10.2. The summed E-state index contributed by atoms with van der Waals surface area (Å²) >= 11 is 0. The Morgan fingerprint density at radius 1 is 1.32 bits per heavy atom. The van der Waals surface area contributed by atoms with Crippen LogP contribution in [0, 0.1) is 0 Å². The molecule has 0 unspecified atom stereocenters. The summed E-state index contributed by atoms with van der Waals surface area (Å²) in [5, 5.41) is 4.22. The standard InChI is InChI=1S/C14H16N2O3/c1-3-19-14(17)12-10-16(15-13(12)18-2)9-11-7-5-4-6-8-11/h4-8,10H,3,9H2,1-2H3. The molecule has 0 aliphatic heterocycles. The van der Waals surface area contributed by atoms with E-state index in [4.69, 9.17) is 9.47 Å². The fraction of sp³-hybridized carbons (Fsp3) is 0.286. The zero-order valence-corrected chi connectivity index (χ0v) is 11.0. The molecule has 0 aliphatic rings. The fourth-order valence-electron chi connectivity index (χ4n) is 1.75. The van der Waals surface area contributed by atoms with Crippen molar-refractivity contribution in [2.75, 3.05) is 13.7 Å². The zero-order chi connectivity index (χ0) is 13.7. The summed E-state index contributed by atoms with van der Waals surface area (Å²) in [6.07, 6.45) is 1.64. The van der Waals surface area contributed by atoms with Crippen LogP contribution < -0.4 is 4.74 Å². The van der Waals surface area contributed by atoms with Gasteiger partial charge in [0.2, 0.25) is 5.88 Å². The van der Waals surface area contributed by atoms with Gasteiger partial charge in [-0.2, -0.15) is 0 Å². The lowest BCUT2D eigenvalue weighted by Gasteiger charge is -2.00. The molecule has 0 bridgehead atoms. The van der Waals surface area contributed by atoms with Gasteiger partial charge in [-0.05, 0) is 12.5 Å². The highest BCUT2D eigenvalue weighted by atomic mass is 16.5. The van der Waals surface area contributed by atoms with Gasteiger partial charge >= 0.3 is 5.97 Å². The van der Waals surface area contributed by atoms with E-state index in [1.807, 2.05) is 30.3 Å². The topological polar surface area (TPSA) is 53.4 Å². The fourth-order valence-corrected chi connectivity index (χ4v) is 1.75. The number of esters is 1. The molecule has 19 heavy (non-hydrogen) atoms. The first-order valence-electron chi connectivity index (χ1n) is 6.07. The largest absolute Gasteiger partial charge is 0.479 e. The highest BCUT2D eigenvalue weighted by Gasteiger charge is 2.18. The molecular weight excluding hydrogens is 244 g/mol. The molecular formula is C14H16N2O3. The Morgan fingerprint density at radius 2 is 2.05 bits per heavy atom. The second kappa shape index (κ2) is 6.04. The van der Waals surface area contributed by atoms with E-state index in [9.17, 15) is 4.79 Å². The summed E-state index contributed by atoms with van der Waals surface area (Å²) in [5.74, 6) is -0.131. The summed E-state index contributed by atoms with van der Waals surface area (Å²) in [6, 6.07) is 9.87. The minimum absolute atomic E-state index is 0.286. The number of carbonyl (C=O) groups excluding carboxylic acids is 1. The first-order chi connectivity index (χ1) is 9.24. The van der Waals surface area contributed by atoms with E-state index in [-0.39, 0.29) is 5.88 Å². The van der Waals surface area contributed by atoms with Crippen LogP contribution in [0.15, 0.2) is 36.5 Å². The molecule has 0 saturated heterocycles. The van der Waals surface area contributed by atoms with Crippen LogP contribution >= 0.6 is 0 Å². The van der Waals surface area contributed by atoms with Gasteiger partial charge in [0.15, 0.2) is 0 Å². The van der Waals surface area contributed by atoms with Crippen molar-refractivity contribution in [3.8, 4) is 5.88 Å². The molecule has 2 aromatic rings. The van der Waals surface area contributed by atoms with Gasteiger partial charge in [0.25, 0.3) is 0 Å². The Hall–Kier alpha value is -2.30. The Kier molecular flexibility index (Phi) is 4.18. The second-order valence-corrected chi connectivity index (χ2v) is 3.96. The molecule has 100 valence electrons. The van der Waals surface area contributed by atoms with Gasteiger partial charge in [0.05, 0.1) is 20.3 Å². The van der Waals surface area contributed by atoms with E-state index in [1.165, 1.54) is 7.11 Å². The molecule has 0 N–H and O–H groups in total. The van der Waals surface area contributed by atoms with Crippen molar-refractivity contribution >= 4 is 5.97 Å².